The summed E-state index contributed by atoms with van der Waals surface area (Å²) in [6.45, 7) is 4.17. The number of carbonyl (C=O) groups is 1. The summed E-state index contributed by atoms with van der Waals surface area (Å²) in [5, 5.41) is 13.7. The molecule has 0 radical (unpaired) electrons. The van der Waals surface area contributed by atoms with E-state index in [1.165, 1.54) is 0 Å². The highest BCUT2D eigenvalue weighted by atomic mass is 16.5. The first-order valence-electron chi connectivity index (χ1n) is 5.83. The minimum Gasteiger partial charge on any atom is -0.465 e. The lowest BCUT2D eigenvalue weighted by atomic mass is 9.64. The Morgan fingerprint density at radius 2 is 2.06 bits per heavy atom. The Bertz CT molecular complexity index is 269. The molecule has 2 fully saturated rings. The third kappa shape index (κ3) is 1.63. The van der Waals surface area contributed by atoms with Crippen LogP contribution in [-0.4, -0.2) is 49.6 Å². The largest absolute Gasteiger partial charge is 0.465 e. The number of carbonyl (C=O) groups excluding carboxylic acids is 1. The minimum atomic E-state index is -0.969. The summed E-state index contributed by atoms with van der Waals surface area (Å²) in [4.78, 5) is 12.0. The molecule has 0 aromatic rings. The molecule has 92 valence electrons. The predicted octanol–water partition coefficient (Wildman–Crippen LogP) is -0.319. The van der Waals surface area contributed by atoms with Crippen LogP contribution >= 0.6 is 0 Å². The number of aliphatic hydroxyl groups is 1. The van der Waals surface area contributed by atoms with Gasteiger partial charge in [0.15, 0.2) is 0 Å². The second kappa shape index (κ2) is 4.31. The van der Waals surface area contributed by atoms with Gasteiger partial charge < -0.3 is 19.9 Å². The van der Waals surface area contributed by atoms with E-state index in [-0.39, 0.29) is 5.97 Å². The van der Waals surface area contributed by atoms with Gasteiger partial charge in [-0.15, -0.1) is 0 Å². The molecule has 0 bridgehead atoms. The molecule has 0 aromatic carbocycles. The zero-order chi connectivity index (χ0) is 11.6. The van der Waals surface area contributed by atoms with Crippen LogP contribution < -0.4 is 5.32 Å². The molecule has 2 heterocycles. The summed E-state index contributed by atoms with van der Waals surface area (Å²) in [6, 6.07) is 0. The van der Waals surface area contributed by atoms with E-state index in [9.17, 15) is 9.90 Å². The van der Waals surface area contributed by atoms with E-state index in [2.05, 4.69) is 5.32 Å². The van der Waals surface area contributed by atoms with Gasteiger partial charge in [0, 0.05) is 39.1 Å². The molecule has 0 spiro atoms. The van der Waals surface area contributed by atoms with Crippen LogP contribution in [0.1, 0.15) is 19.8 Å². The van der Waals surface area contributed by atoms with Crippen LogP contribution in [0, 0.1) is 5.41 Å². The molecule has 0 unspecified atom stereocenters. The van der Waals surface area contributed by atoms with Crippen molar-refractivity contribution >= 4 is 5.97 Å². The summed E-state index contributed by atoms with van der Waals surface area (Å²) >= 11 is 0. The summed E-state index contributed by atoms with van der Waals surface area (Å²) < 4.78 is 10.3. The van der Waals surface area contributed by atoms with Gasteiger partial charge in [-0.05, 0) is 6.92 Å². The minimum absolute atomic E-state index is 0.279. The Labute approximate surface area is 95.1 Å². The lowest BCUT2D eigenvalue weighted by Crippen LogP contribution is -2.71. The van der Waals surface area contributed by atoms with E-state index in [4.69, 9.17) is 9.47 Å². The topological polar surface area (TPSA) is 67.8 Å². The molecule has 2 aliphatic rings. The first-order valence-corrected chi connectivity index (χ1v) is 5.83. The first-order chi connectivity index (χ1) is 7.65. The lowest BCUT2D eigenvalue weighted by Gasteiger charge is -2.52. The van der Waals surface area contributed by atoms with Crippen molar-refractivity contribution in [3.05, 3.63) is 0 Å². The van der Waals surface area contributed by atoms with Crippen LogP contribution in [0.25, 0.3) is 0 Å². The van der Waals surface area contributed by atoms with E-state index < -0.39 is 11.0 Å². The standard InChI is InChI=1S/C11H19NO4/c1-2-16-9(13)10(7-12-8-10)11(14)3-5-15-6-4-11/h12,14H,2-8H2,1H3. The highest BCUT2D eigenvalue weighted by Crippen LogP contribution is 2.43. The summed E-state index contributed by atoms with van der Waals surface area (Å²) in [6.07, 6.45) is 1.01. The van der Waals surface area contributed by atoms with E-state index in [0.29, 0.717) is 45.8 Å². The van der Waals surface area contributed by atoms with Gasteiger partial charge in [-0.25, -0.2) is 0 Å². The molecular weight excluding hydrogens is 210 g/mol. The van der Waals surface area contributed by atoms with Crippen LogP contribution in [0.5, 0.6) is 0 Å². The maximum atomic E-state index is 12.0. The molecule has 0 aromatic heterocycles. The van der Waals surface area contributed by atoms with E-state index in [0.717, 1.165) is 0 Å². The molecule has 0 aliphatic carbocycles. The highest BCUT2D eigenvalue weighted by Gasteiger charge is 2.60. The molecule has 2 N–H and O–H groups in total. The second-order valence-electron chi connectivity index (χ2n) is 4.55. The van der Waals surface area contributed by atoms with E-state index >= 15 is 0 Å². The fourth-order valence-corrected chi connectivity index (χ4v) is 2.50. The second-order valence-corrected chi connectivity index (χ2v) is 4.55. The number of rotatable bonds is 3. The lowest BCUT2D eigenvalue weighted by molar-refractivity contribution is -0.198. The van der Waals surface area contributed by atoms with Gasteiger partial charge in [0.1, 0.15) is 5.41 Å². The predicted molar refractivity (Wildman–Crippen MR) is 56.9 cm³/mol. The summed E-state index contributed by atoms with van der Waals surface area (Å²) in [7, 11) is 0. The smallest absolute Gasteiger partial charge is 0.317 e. The maximum absolute atomic E-state index is 12.0. The molecule has 2 saturated heterocycles. The van der Waals surface area contributed by atoms with Crippen molar-refractivity contribution in [2.45, 2.75) is 25.4 Å². The monoisotopic (exact) mass is 229 g/mol. The van der Waals surface area contributed by atoms with Crippen LogP contribution in [0.2, 0.25) is 0 Å². The zero-order valence-electron chi connectivity index (χ0n) is 9.62. The van der Waals surface area contributed by atoms with Gasteiger partial charge in [-0.1, -0.05) is 0 Å². The number of hydrogen-bond donors (Lipinski definition) is 2. The Morgan fingerprint density at radius 1 is 1.44 bits per heavy atom. The number of nitrogens with one attached hydrogen (secondary N) is 1. The average molecular weight is 229 g/mol. The van der Waals surface area contributed by atoms with Gasteiger partial charge in [0.2, 0.25) is 0 Å². The van der Waals surface area contributed by atoms with E-state index in [1.807, 2.05) is 0 Å². The fraction of sp³-hybridized carbons (Fsp3) is 0.909. The van der Waals surface area contributed by atoms with Crippen molar-refractivity contribution in [1.82, 2.24) is 5.32 Å². The van der Waals surface area contributed by atoms with Crippen molar-refractivity contribution < 1.29 is 19.4 Å². The number of hydrogen-bond acceptors (Lipinski definition) is 5. The maximum Gasteiger partial charge on any atom is 0.317 e. The van der Waals surface area contributed by atoms with Crippen molar-refractivity contribution in [3.63, 3.8) is 0 Å². The molecule has 0 atom stereocenters. The first kappa shape index (κ1) is 11.8. The van der Waals surface area contributed by atoms with Gasteiger partial charge in [0.05, 0.1) is 12.2 Å². The molecule has 16 heavy (non-hydrogen) atoms. The van der Waals surface area contributed by atoms with Gasteiger partial charge in [0.25, 0.3) is 0 Å². The SMILES string of the molecule is CCOC(=O)C1(C2(O)CCOCC2)CNC1. The van der Waals surface area contributed by atoms with Crippen molar-refractivity contribution in [1.29, 1.82) is 0 Å². The molecular formula is C11H19NO4. The number of esters is 1. The van der Waals surface area contributed by atoms with Crippen molar-refractivity contribution in [3.8, 4) is 0 Å². The van der Waals surface area contributed by atoms with Gasteiger partial charge in [-0.2, -0.15) is 0 Å². The molecule has 5 heteroatoms. The Hall–Kier alpha value is -0.650. The van der Waals surface area contributed by atoms with Gasteiger partial charge in [-0.3, -0.25) is 4.79 Å². The highest BCUT2D eigenvalue weighted by molar-refractivity contribution is 5.80. The van der Waals surface area contributed by atoms with Crippen LogP contribution in [-0.2, 0) is 14.3 Å². The normalized spacial score (nSPS) is 26.9. The molecule has 0 saturated carbocycles. The third-order valence-corrected chi connectivity index (χ3v) is 3.73. The third-order valence-electron chi connectivity index (χ3n) is 3.73. The van der Waals surface area contributed by atoms with Crippen LogP contribution in [0.3, 0.4) is 0 Å². The Kier molecular flexibility index (Phi) is 3.19. The van der Waals surface area contributed by atoms with Crippen molar-refractivity contribution in [2.75, 3.05) is 32.9 Å². The van der Waals surface area contributed by atoms with Crippen LogP contribution in [0.15, 0.2) is 0 Å². The molecule has 5 nitrogen and oxygen atoms in total. The number of ether oxygens (including phenoxy) is 2. The average Bonchev–Trinajstić information content (AvgIpc) is 2.16. The van der Waals surface area contributed by atoms with Crippen molar-refractivity contribution in [2.24, 2.45) is 5.41 Å². The summed E-state index contributed by atoms with van der Waals surface area (Å²) in [5.41, 5.74) is -1.73. The Balaban J connectivity index is 2.16. The van der Waals surface area contributed by atoms with Crippen LogP contribution in [0.4, 0.5) is 0 Å². The Morgan fingerprint density at radius 3 is 2.50 bits per heavy atom. The quantitative estimate of drug-likeness (QED) is 0.649. The fourth-order valence-electron chi connectivity index (χ4n) is 2.50. The van der Waals surface area contributed by atoms with Gasteiger partial charge >= 0.3 is 5.97 Å². The zero-order valence-corrected chi connectivity index (χ0v) is 9.62. The summed E-state index contributed by atoms with van der Waals surface area (Å²) in [5.74, 6) is -0.279. The molecule has 2 rings (SSSR count). The van der Waals surface area contributed by atoms with E-state index in [1.54, 1.807) is 6.92 Å². The molecule has 0 amide bonds. The molecule has 2 aliphatic heterocycles.